The number of likely N-dealkylation sites (tertiary alicyclic amines) is 1. The highest BCUT2D eigenvalue weighted by atomic mass is 35.5. The van der Waals surface area contributed by atoms with Gasteiger partial charge in [-0.25, -0.2) is 0 Å². The maximum absolute atomic E-state index is 13.1. The van der Waals surface area contributed by atoms with E-state index in [4.69, 9.17) is 20.9 Å². The summed E-state index contributed by atoms with van der Waals surface area (Å²) in [6.07, 6.45) is 1.42. The van der Waals surface area contributed by atoms with Crippen molar-refractivity contribution < 1.29 is 19.0 Å². The van der Waals surface area contributed by atoms with Crippen molar-refractivity contribution in [2.75, 3.05) is 13.7 Å². The van der Waals surface area contributed by atoms with Gasteiger partial charge < -0.3 is 14.2 Å². The van der Waals surface area contributed by atoms with E-state index in [2.05, 4.69) is 10.1 Å². The Hall–Kier alpha value is -3.46. The van der Waals surface area contributed by atoms with Gasteiger partial charge in [-0.15, -0.1) is 0 Å². The molecule has 4 rings (SSSR count). The molecule has 30 heavy (non-hydrogen) atoms. The number of nitro benzene ring substituents is 1. The van der Waals surface area contributed by atoms with Crippen LogP contribution in [0.5, 0.6) is 5.75 Å². The summed E-state index contributed by atoms with van der Waals surface area (Å²) in [5.41, 5.74) is 0.759. The molecule has 1 aliphatic rings. The topological polar surface area (TPSA) is 112 Å². The number of hydrogen-bond acceptors (Lipinski definition) is 7. The van der Waals surface area contributed by atoms with Gasteiger partial charge >= 0.3 is 0 Å². The second kappa shape index (κ2) is 8.11. The van der Waals surface area contributed by atoms with E-state index in [0.717, 1.165) is 12.0 Å². The normalized spacial score (nSPS) is 15.9. The van der Waals surface area contributed by atoms with Crippen molar-refractivity contribution in [1.29, 1.82) is 0 Å². The number of benzene rings is 2. The largest absolute Gasteiger partial charge is 0.497 e. The number of nitro groups is 1. The quantitative estimate of drug-likeness (QED) is 0.440. The molecule has 10 heteroatoms. The number of carbonyl (C=O) groups excluding carboxylic acids is 1. The lowest BCUT2D eigenvalue weighted by atomic mass is 10.1. The fraction of sp³-hybridized carbons (Fsp3) is 0.250. The van der Waals surface area contributed by atoms with Crippen molar-refractivity contribution in [1.82, 2.24) is 15.0 Å². The van der Waals surface area contributed by atoms with Crippen molar-refractivity contribution in [3.63, 3.8) is 0 Å². The Balaban J connectivity index is 1.59. The molecule has 0 N–H and O–H groups in total. The van der Waals surface area contributed by atoms with Crippen molar-refractivity contribution in [3.05, 3.63) is 69.1 Å². The molecule has 1 saturated heterocycles. The third-order valence-electron chi connectivity index (χ3n) is 4.96. The third-order valence-corrected chi connectivity index (χ3v) is 5.28. The third kappa shape index (κ3) is 3.71. The summed E-state index contributed by atoms with van der Waals surface area (Å²) in [5, 5.41) is 15.0. The van der Waals surface area contributed by atoms with Crippen molar-refractivity contribution in [3.8, 4) is 17.1 Å². The van der Waals surface area contributed by atoms with Crippen LogP contribution in [0.15, 0.2) is 47.0 Å². The molecule has 1 aliphatic heterocycles. The first-order valence-electron chi connectivity index (χ1n) is 9.21. The minimum atomic E-state index is -0.558. The summed E-state index contributed by atoms with van der Waals surface area (Å²) in [6.45, 7) is 0.494. The molecule has 2 aromatic carbocycles. The minimum Gasteiger partial charge on any atom is -0.497 e. The van der Waals surface area contributed by atoms with Gasteiger partial charge in [0.25, 0.3) is 11.6 Å². The summed E-state index contributed by atoms with van der Waals surface area (Å²) >= 11 is 6.14. The Labute approximate surface area is 176 Å². The van der Waals surface area contributed by atoms with Crippen LogP contribution in [0, 0.1) is 10.1 Å². The molecule has 0 aliphatic carbocycles. The summed E-state index contributed by atoms with van der Waals surface area (Å²) in [4.78, 5) is 29.5. The average molecular weight is 429 g/mol. The molecule has 2 heterocycles. The number of carbonyl (C=O) groups is 1. The van der Waals surface area contributed by atoms with Crippen molar-refractivity contribution >= 4 is 23.2 Å². The summed E-state index contributed by atoms with van der Waals surface area (Å²) < 4.78 is 10.7. The van der Waals surface area contributed by atoms with Crippen LogP contribution in [0.1, 0.15) is 35.1 Å². The highest BCUT2D eigenvalue weighted by Crippen LogP contribution is 2.35. The van der Waals surface area contributed by atoms with Crippen LogP contribution in [0.25, 0.3) is 11.4 Å². The van der Waals surface area contributed by atoms with Crippen LogP contribution in [0.4, 0.5) is 5.69 Å². The minimum absolute atomic E-state index is 0.0300. The van der Waals surface area contributed by atoms with Crippen LogP contribution >= 0.6 is 11.6 Å². The predicted octanol–water partition coefficient (Wildman–Crippen LogP) is 4.28. The van der Waals surface area contributed by atoms with Gasteiger partial charge in [0.1, 0.15) is 11.8 Å². The molecule has 1 amide bonds. The number of aromatic nitrogens is 2. The zero-order valence-electron chi connectivity index (χ0n) is 15.9. The van der Waals surface area contributed by atoms with E-state index in [1.165, 1.54) is 18.2 Å². The molecule has 1 fully saturated rings. The Morgan fingerprint density at radius 1 is 1.33 bits per heavy atom. The van der Waals surface area contributed by atoms with Gasteiger partial charge in [-0.05, 0) is 31.0 Å². The van der Waals surface area contributed by atoms with E-state index >= 15 is 0 Å². The summed E-state index contributed by atoms with van der Waals surface area (Å²) in [5.74, 6) is 1.07. The maximum Gasteiger partial charge on any atom is 0.270 e. The highest BCUT2D eigenvalue weighted by molar-refractivity contribution is 6.34. The predicted molar refractivity (Wildman–Crippen MR) is 107 cm³/mol. The first-order valence-corrected chi connectivity index (χ1v) is 9.58. The van der Waals surface area contributed by atoms with Crippen LogP contribution < -0.4 is 4.74 Å². The van der Waals surface area contributed by atoms with Gasteiger partial charge in [-0.2, -0.15) is 4.98 Å². The van der Waals surface area contributed by atoms with Gasteiger partial charge in [-0.3, -0.25) is 14.9 Å². The molecule has 154 valence electrons. The number of rotatable bonds is 5. The van der Waals surface area contributed by atoms with E-state index < -0.39 is 11.0 Å². The molecule has 9 nitrogen and oxygen atoms in total. The second-order valence-electron chi connectivity index (χ2n) is 6.77. The van der Waals surface area contributed by atoms with Crippen LogP contribution in [-0.2, 0) is 0 Å². The van der Waals surface area contributed by atoms with Crippen LogP contribution in [0.3, 0.4) is 0 Å². The fourth-order valence-corrected chi connectivity index (χ4v) is 3.72. The monoisotopic (exact) mass is 428 g/mol. The molecule has 1 atom stereocenters. The Bertz CT molecular complexity index is 1120. The lowest BCUT2D eigenvalue weighted by Gasteiger charge is -2.22. The molecule has 0 bridgehead atoms. The zero-order valence-corrected chi connectivity index (χ0v) is 16.7. The Morgan fingerprint density at radius 2 is 2.17 bits per heavy atom. The average Bonchev–Trinajstić information content (AvgIpc) is 3.42. The zero-order chi connectivity index (χ0) is 21.3. The summed E-state index contributed by atoms with van der Waals surface area (Å²) in [6, 6.07) is 10.7. The second-order valence-corrected chi connectivity index (χ2v) is 7.17. The van der Waals surface area contributed by atoms with E-state index in [9.17, 15) is 14.9 Å². The maximum atomic E-state index is 13.1. The lowest BCUT2D eigenvalue weighted by Crippen LogP contribution is -2.31. The first kappa shape index (κ1) is 19.8. The van der Waals surface area contributed by atoms with E-state index in [0.29, 0.717) is 30.4 Å². The van der Waals surface area contributed by atoms with E-state index in [-0.39, 0.29) is 22.2 Å². The SMILES string of the molecule is COc1cccc(-c2noc(C3CCCN3C(=O)c3ccc([N+](=O)[O-])cc3Cl)n2)c1. The first-order chi connectivity index (χ1) is 14.5. The molecule has 0 spiro atoms. The molecule has 0 radical (unpaired) electrons. The molecular weight excluding hydrogens is 412 g/mol. The van der Waals surface area contributed by atoms with E-state index in [1.807, 2.05) is 18.2 Å². The standard InChI is InChI=1S/C20H17ClN4O5/c1-29-14-5-2-4-12(10-14)18-22-19(30-23-18)17-6-3-9-24(17)20(26)15-8-7-13(25(27)28)11-16(15)21/h2,4-5,7-8,10-11,17H,3,6,9H2,1H3. The Morgan fingerprint density at radius 3 is 2.90 bits per heavy atom. The molecular formula is C20H17ClN4O5. The van der Waals surface area contributed by atoms with Crippen molar-refractivity contribution in [2.24, 2.45) is 0 Å². The van der Waals surface area contributed by atoms with Gasteiger partial charge in [-0.1, -0.05) is 28.9 Å². The summed E-state index contributed by atoms with van der Waals surface area (Å²) in [7, 11) is 1.58. The number of hydrogen-bond donors (Lipinski definition) is 0. The fourth-order valence-electron chi connectivity index (χ4n) is 3.46. The molecule has 1 aromatic heterocycles. The van der Waals surface area contributed by atoms with Crippen LogP contribution in [0.2, 0.25) is 5.02 Å². The van der Waals surface area contributed by atoms with Gasteiger partial charge in [0.15, 0.2) is 0 Å². The number of nitrogens with zero attached hydrogens (tertiary/aromatic N) is 4. The smallest absolute Gasteiger partial charge is 0.270 e. The van der Waals surface area contributed by atoms with Gasteiger partial charge in [0.05, 0.1) is 22.6 Å². The lowest BCUT2D eigenvalue weighted by molar-refractivity contribution is -0.384. The molecule has 0 saturated carbocycles. The number of ether oxygens (including phenoxy) is 1. The van der Waals surface area contributed by atoms with Crippen molar-refractivity contribution in [2.45, 2.75) is 18.9 Å². The molecule has 3 aromatic rings. The number of amides is 1. The number of non-ortho nitro benzene ring substituents is 1. The Kier molecular flexibility index (Phi) is 5.37. The number of methoxy groups -OCH3 is 1. The number of halogens is 1. The molecule has 1 unspecified atom stereocenters. The highest BCUT2D eigenvalue weighted by Gasteiger charge is 2.35. The van der Waals surface area contributed by atoms with E-state index in [1.54, 1.807) is 18.1 Å². The van der Waals surface area contributed by atoms with Gasteiger partial charge in [0.2, 0.25) is 11.7 Å². The van der Waals surface area contributed by atoms with Crippen LogP contribution in [-0.4, -0.2) is 39.5 Å². The van der Waals surface area contributed by atoms with Gasteiger partial charge in [0, 0.05) is 24.2 Å².